The minimum atomic E-state index is -0.0851. The fourth-order valence-electron chi connectivity index (χ4n) is 3.54. The lowest BCUT2D eigenvalue weighted by atomic mass is 9.87. The van der Waals surface area contributed by atoms with Gasteiger partial charge in [-0.1, -0.05) is 12.1 Å². The molecule has 5 heteroatoms. The van der Waals surface area contributed by atoms with E-state index in [4.69, 9.17) is 5.11 Å². The van der Waals surface area contributed by atoms with E-state index in [1.54, 1.807) is 0 Å². The minimum Gasteiger partial charge on any atom is -0.396 e. The monoisotopic (exact) mass is 329 g/mol. The molecule has 1 aromatic carbocycles. The first-order chi connectivity index (χ1) is 11.7. The standard InChI is InChI=1S/C19H27N3O2/c1-13-2-7-17-15(11-21-18(17)10-13)8-9-20-19(24)22-16-5-3-14(12-23)4-6-16/h2,7,10-11,14,16,21,23H,3-6,8-9,12H2,1H3,(H2,20,22,24). The van der Waals surface area contributed by atoms with Crippen molar-refractivity contribution in [1.82, 2.24) is 15.6 Å². The van der Waals surface area contributed by atoms with Crippen LogP contribution in [0.4, 0.5) is 4.79 Å². The maximum absolute atomic E-state index is 12.0. The number of fused-ring (bicyclic) bond motifs is 1. The summed E-state index contributed by atoms with van der Waals surface area (Å²) in [7, 11) is 0. The summed E-state index contributed by atoms with van der Waals surface area (Å²) >= 11 is 0. The summed E-state index contributed by atoms with van der Waals surface area (Å²) < 4.78 is 0. The molecule has 5 nitrogen and oxygen atoms in total. The second-order valence-electron chi connectivity index (χ2n) is 6.91. The molecule has 0 bridgehead atoms. The third kappa shape index (κ3) is 4.09. The lowest BCUT2D eigenvalue weighted by Crippen LogP contribution is -2.44. The molecule has 3 rings (SSSR count). The Bertz CT molecular complexity index is 687. The van der Waals surface area contributed by atoms with Gasteiger partial charge in [0.15, 0.2) is 0 Å². The SMILES string of the molecule is Cc1ccc2c(CCNC(=O)NC3CCC(CO)CC3)c[nH]c2c1. The van der Waals surface area contributed by atoms with Gasteiger partial charge in [0.25, 0.3) is 0 Å². The van der Waals surface area contributed by atoms with Gasteiger partial charge in [-0.2, -0.15) is 0 Å². The van der Waals surface area contributed by atoms with Crippen molar-refractivity contribution in [3.8, 4) is 0 Å². The number of amides is 2. The van der Waals surface area contributed by atoms with E-state index in [-0.39, 0.29) is 18.7 Å². The Kier molecular flexibility index (Phi) is 5.41. The van der Waals surface area contributed by atoms with E-state index >= 15 is 0 Å². The lowest BCUT2D eigenvalue weighted by Gasteiger charge is -2.27. The number of aliphatic hydroxyl groups excluding tert-OH is 1. The van der Waals surface area contributed by atoms with Gasteiger partial charge in [0, 0.05) is 36.3 Å². The normalized spacial score (nSPS) is 20.9. The Hall–Kier alpha value is -2.01. The number of aromatic amines is 1. The lowest BCUT2D eigenvalue weighted by molar-refractivity contribution is 0.174. The number of benzene rings is 1. The van der Waals surface area contributed by atoms with E-state index in [2.05, 4.69) is 40.7 Å². The summed E-state index contributed by atoms with van der Waals surface area (Å²) in [5.74, 6) is 0.414. The van der Waals surface area contributed by atoms with Crippen LogP contribution in [0.3, 0.4) is 0 Å². The number of hydrogen-bond donors (Lipinski definition) is 4. The Labute approximate surface area is 142 Å². The summed E-state index contributed by atoms with van der Waals surface area (Å²) in [5, 5.41) is 16.4. The van der Waals surface area contributed by atoms with E-state index in [0.717, 1.165) is 37.6 Å². The van der Waals surface area contributed by atoms with Crippen LogP contribution >= 0.6 is 0 Å². The summed E-state index contributed by atoms with van der Waals surface area (Å²) in [6, 6.07) is 6.54. The number of rotatable bonds is 5. The number of hydrogen-bond acceptors (Lipinski definition) is 2. The highest BCUT2D eigenvalue weighted by molar-refractivity contribution is 5.83. The summed E-state index contributed by atoms with van der Waals surface area (Å²) in [6.07, 6.45) is 6.75. The number of aliphatic hydroxyl groups is 1. The molecule has 2 amide bonds. The van der Waals surface area contributed by atoms with Crippen LogP contribution in [0, 0.1) is 12.8 Å². The molecule has 0 spiro atoms. The fourth-order valence-corrected chi connectivity index (χ4v) is 3.54. The average molecular weight is 329 g/mol. The second-order valence-corrected chi connectivity index (χ2v) is 6.91. The van der Waals surface area contributed by atoms with Crippen molar-refractivity contribution in [3.63, 3.8) is 0 Å². The van der Waals surface area contributed by atoms with E-state index in [1.807, 2.05) is 6.20 Å². The Morgan fingerprint density at radius 2 is 2.08 bits per heavy atom. The zero-order valence-electron chi connectivity index (χ0n) is 14.3. The van der Waals surface area contributed by atoms with Crippen LogP contribution in [0.1, 0.15) is 36.8 Å². The summed E-state index contributed by atoms with van der Waals surface area (Å²) in [5.41, 5.74) is 3.62. The molecule has 0 aliphatic heterocycles. The molecule has 2 aromatic rings. The highest BCUT2D eigenvalue weighted by atomic mass is 16.3. The van der Waals surface area contributed by atoms with E-state index < -0.39 is 0 Å². The number of carbonyl (C=O) groups is 1. The average Bonchev–Trinajstić information content (AvgIpc) is 2.97. The van der Waals surface area contributed by atoms with Gasteiger partial charge in [-0.25, -0.2) is 4.79 Å². The third-order valence-electron chi connectivity index (χ3n) is 5.04. The molecule has 1 aromatic heterocycles. The van der Waals surface area contributed by atoms with Crippen LogP contribution in [0.2, 0.25) is 0 Å². The first-order valence-corrected chi connectivity index (χ1v) is 8.87. The topological polar surface area (TPSA) is 77.2 Å². The molecule has 0 saturated heterocycles. The van der Waals surface area contributed by atoms with Gasteiger partial charge < -0.3 is 20.7 Å². The van der Waals surface area contributed by atoms with Crippen LogP contribution in [-0.4, -0.2) is 35.3 Å². The van der Waals surface area contributed by atoms with Gasteiger partial charge in [-0.05, 0) is 62.1 Å². The molecule has 0 unspecified atom stereocenters. The minimum absolute atomic E-state index is 0.0851. The molecule has 130 valence electrons. The number of aromatic nitrogens is 1. The number of aryl methyl sites for hydroxylation is 1. The van der Waals surface area contributed by atoms with Crippen molar-refractivity contribution in [2.45, 2.75) is 45.1 Å². The van der Waals surface area contributed by atoms with Gasteiger partial charge in [-0.3, -0.25) is 0 Å². The van der Waals surface area contributed by atoms with E-state index in [9.17, 15) is 4.79 Å². The third-order valence-corrected chi connectivity index (χ3v) is 5.04. The van der Waals surface area contributed by atoms with Gasteiger partial charge >= 0.3 is 6.03 Å². The molecule has 0 radical (unpaired) electrons. The molecule has 1 aliphatic rings. The Balaban J connectivity index is 1.43. The van der Waals surface area contributed by atoms with Crippen molar-refractivity contribution in [2.75, 3.05) is 13.2 Å². The Morgan fingerprint density at radius 1 is 1.29 bits per heavy atom. The summed E-state index contributed by atoms with van der Waals surface area (Å²) in [4.78, 5) is 15.3. The quantitative estimate of drug-likeness (QED) is 0.681. The molecule has 1 heterocycles. The zero-order chi connectivity index (χ0) is 16.9. The largest absolute Gasteiger partial charge is 0.396 e. The predicted molar refractivity (Wildman–Crippen MR) is 96.1 cm³/mol. The number of nitrogens with one attached hydrogen (secondary N) is 3. The first-order valence-electron chi connectivity index (χ1n) is 8.87. The second kappa shape index (κ2) is 7.71. The van der Waals surface area contributed by atoms with E-state index in [0.29, 0.717) is 12.5 Å². The van der Waals surface area contributed by atoms with Crippen molar-refractivity contribution in [1.29, 1.82) is 0 Å². The van der Waals surface area contributed by atoms with Gasteiger partial charge in [-0.15, -0.1) is 0 Å². The molecule has 24 heavy (non-hydrogen) atoms. The van der Waals surface area contributed by atoms with Crippen molar-refractivity contribution in [3.05, 3.63) is 35.5 Å². The molecule has 1 aliphatic carbocycles. The van der Waals surface area contributed by atoms with Crippen molar-refractivity contribution in [2.24, 2.45) is 5.92 Å². The van der Waals surface area contributed by atoms with Crippen LogP contribution in [0.5, 0.6) is 0 Å². The number of H-pyrrole nitrogens is 1. The van der Waals surface area contributed by atoms with Crippen LogP contribution in [-0.2, 0) is 6.42 Å². The Morgan fingerprint density at radius 3 is 2.83 bits per heavy atom. The van der Waals surface area contributed by atoms with Crippen molar-refractivity contribution >= 4 is 16.9 Å². The maximum atomic E-state index is 12.0. The number of carbonyl (C=O) groups excluding carboxylic acids is 1. The van der Waals surface area contributed by atoms with Gasteiger partial charge in [0.1, 0.15) is 0 Å². The zero-order valence-corrected chi connectivity index (χ0v) is 14.3. The van der Waals surface area contributed by atoms with E-state index in [1.165, 1.54) is 16.5 Å². The van der Waals surface area contributed by atoms with Gasteiger partial charge in [0.05, 0.1) is 0 Å². The number of urea groups is 1. The maximum Gasteiger partial charge on any atom is 0.315 e. The van der Waals surface area contributed by atoms with Crippen LogP contribution < -0.4 is 10.6 Å². The molecule has 1 saturated carbocycles. The molecule has 0 atom stereocenters. The first kappa shape index (κ1) is 16.8. The molecule has 4 N–H and O–H groups in total. The fraction of sp³-hybridized carbons (Fsp3) is 0.526. The molecule has 1 fully saturated rings. The van der Waals surface area contributed by atoms with Crippen LogP contribution in [0.25, 0.3) is 10.9 Å². The smallest absolute Gasteiger partial charge is 0.315 e. The molecular weight excluding hydrogens is 302 g/mol. The molecular formula is C19H27N3O2. The summed E-state index contributed by atoms with van der Waals surface area (Å²) in [6.45, 7) is 2.97. The highest BCUT2D eigenvalue weighted by Gasteiger charge is 2.21. The van der Waals surface area contributed by atoms with Gasteiger partial charge in [0.2, 0.25) is 0 Å². The predicted octanol–water partition coefficient (Wildman–Crippen LogP) is 2.87. The highest BCUT2D eigenvalue weighted by Crippen LogP contribution is 2.23. The van der Waals surface area contributed by atoms with Crippen LogP contribution in [0.15, 0.2) is 24.4 Å². The van der Waals surface area contributed by atoms with Crippen molar-refractivity contribution < 1.29 is 9.90 Å².